The van der Waals surface area contributed by atoms with Crippen molar-refractivity contribution in [1.82, 2.24) is 20.4 Å². The monoisotopic (exact) mass is 442 g/mol. The number of piperazine rings is 1. The Morgan fingerprint density at radius 3 is 2.28 bits per heavy atom. The maximum Gasteiger partial charge on any atom is 0.244 e. The summed E-state index contributed by atoms with van der Waals surface area (Å²) in [5, 5.41) is 6.55. The first-order valence-corrected chi connectivity index (χ1v) is 11.8. The van der Waals surface area contributed by atoms with Crippen LogP contribution in [0.15, 0.2) is 35.3 Å². The lowest BCUT2D eigenvalue weighted by atomic mass is 9.84. The third-order valence-corrected chi connectivity index (χ3v) is 6.49. The predicted molar refractivity (Wildman–Crippen MR) is 129 cm³/mol. The molecule has 8 heteroatoms. The average molecular weight is 443 g/mol. The molecule has 0 radical (unpaired) electrons. The highest BCUT2D eigenvalue weighted by atomic mass is 16.2. The number of nitrogens with zero attached hydrogens (tertiary/aromatic N) is 4. The molecule has 2 amide bonds. The van der Waals surface area contributed by atoms with Gasteiger partial charge in [-0.25, -0.2) is 4.99 Å². The van der Waals surface area contributed by atoms with Gasteiger partial charge in [0, 0.05) is 59.1 Å². The number of nitrogens with one attached hydrogen (secondary N) is 2. The molecular formula is C24H38N6O2. The highest BCUT2D eigenvalue weighted by molar-refractivity contribution is 5.87. The van der Waals surface area contributed by atoms with E-state index in [9.17, 15) is 9.59 Å². The van der Waals surface area contributed by atoms with Crippen molar-refractivity contribution in [2.24, 2.45) is 10.4 Å². The maximum atomic E-state index is 12.8. The Hall–Kier alpha value is -2.77. The number of carbonyl (C=O) groups is 2. The van der Waals surface area contributed by atoms with E-state index < -0.39 is 0 Å². The van der Waals surface area contributed by atoms with Crippen molar-refractivity contribution in [3.63, 3.8) is 0 Å². The number of guanidine groups is 1. The van der Waals surface area contributed by atoms with Crippen LogP contribution in [0.4, 0.5) is 5.69 Å². The van der Waals surface area contributed by atoms with Crippen LogP contribution in [0.5, 0.6) is 0 Å². The van der Waals surface area contributed by atoms with Gasteiger partial charge in [0.05, 0.1) is 5.41 Å². The summed E-state index contributed by atoms with van der Waals surface area (Å²) in [4.78, 5) is 36.0. The summed E-state index contributed by atoms with van der Waals surface area (Å²) in [6.45, 7) is 6.40. The number of benzene rings is 1. The van der Waals surface area contributed by atoms with Gasteiger partial charge in [-0.05, 0) is 31.9 Å². The Morgan fingerprint density at radius 2 is 1.69 bits per heavy atom. The molecule has 1 aromatic rings. The lowest BCUT2D eigenvalue weighted by molar-refractivity contribution is -0.139. The molecule has 2 fully saturated rings. The molecule has 1 aliphatic carbocycles. The van der Waals surface area contributed by atoms with E-state index >= 15 is 0 Å². The average Bonchev–Trinajstić information content (AvgIpc) is 3.31. The van der Waals surface area contributed by atoms with Crippen molar-refractivity contribution in [1.29, 1.82) is 0 Å². The van der Waals surface area contributed by atoms with Gasteiger partial charge < -0.3 is 25.3 Å². The lowest BCUT2D eigenvalue weighted by Gasteiger charge is -2.36. The van der Waals surface area contributed by atoms with E-state index in [0.29, 0.717) is 32.1 Å². The molecule has 1 heterocycles. The fraction of sp³-hybridized carbons (Fsp3) is 0.625. The van der Waals surface area contributed by atoms with E-state index in [2.05, 4.69) is 32.7 Å². The van der Waals surface area contributed by atoms with Gasteiger partial charge in [0.2, 0.25) is 11.8 Å². The summed E-state index contributed by atoms with van der Waals surface area (Å²) in [5.41, 5.74) is 0.821. The normalized spacial score (nSPS) is 18.4. The zero-order chi connectivity index (χ0) is 23.0. The molecule has 2 N–H and O–H groups in total. The first-order valence-electron chi connectivity index (χ1n) is 11.8. The van der Waals surface area contributed by atoms with E-state index in [1.807, 2.05) is 44.1 Å². The minimum absolute atomic E-state index is 0.0369. The van der Waals surface area contributed by atoms with Crippen LogP contribution in [-0.2, 0) is 9.59 Å². The van der Waals surface area contributed by atoms with Crippen molar-refractivity contribution in [2.45, 2.75) is 32.6 Å². The van der Waals surface area contributed by atoms with Crippen LogP contribution < -0.4 is 15.5 Å². The van der Waals surface area contributed by atoms with Crippen LogP contribution in [0, 0.1) is 5.41 Å². The summed E-state index contributed by atoms with van der Waals surface area (Å²) >= 11 is 0. The molecule has 0 aromatic heterocycles. The molecule has 0 bridgehead atoms. The molecule has 3 rings (SSSR count). The molecule has 8 nitrogen and oxygen atoms in total. The summed E-state index contributed by atoms with van der Waals surface area (Å²) in [6.07, 6.45) is 3.92. The van der Waals surface area contributed by atoms with Gasteiger partial charge in [0.25, 0.3) is 0 Å². The molecule has 32 heavy (non-hydrogen) atoms. The second-order valence-electron chi connectivity index (χ2n) is 8.94. The summed E-state index contributed by atoms with van der Waals surface area (Å²) in [7, 11) is 3.63. The van der Waals surface area contributed by atoms with Gasteiger partial charge in [-0.1, -0.05) is 31.0 Å². The van der Waals surface area contributed by atoms with Crippen LogP contribution in [0.3, 0.4) is 0 Å². The zero-order valence-corrected chi connectivity index (χ0v) is 19.8. The van der Waals surface area contributed by atoms with Crippen molar-refractivity contribution in [3.8, 4) is 0 Å². The van der Waals surface area contributed by atoms with E-state index in [-0.39, 0.29) is 23.8 Å². The summed E-state index contributed by atoms with van der Waals surface area (Å²) < 4.78 is 0. The SMILES string of the molecule is CCNC(=NCC(=O)N1CCN(c2ccccc2)CC1)NCC1(C(=O)N(C)C)CCCC1. The van der Waals surface area contributed by atoms with Gasteiger partial charge in [-0.15, -0.1) is 0 Å². The number of anilines is 1. The number of amides is 2. The molecule has 0 atom stereocenters. The second-order valence-corrected chi connectivity index (χ2v) is 8.94. The standard InChI is InChI=1S/C24H38N6O2/c1-4-25-23(27-19-24(12-8-9-13-24)22(32)28(2)3)26-18-21(31)30-16-14-29(15-17-30)20-10-6-5-7-11-20/h5-7,10-11H,4,8-9,12-19H2,1-3H3,(H2,25,26,27). The number of hydrogen-bond acceptors (Lipinski definition) is 4. The van der Waals surface area contributed by atoms with Crippen LogP contribution in [0.2, 0.25) is 0 Å². The lowest BCUT2D eigenvalue weighted by Crippen LogP contribution is -2.50. The number of para-hydroxylation sites is 1. The zero-order valence-electron chi connectivity index (χ0n) is 19.8. The third kappa shape index (κ3) is 5.93. The molecule has 1 saturated carbocycles. The topological polar surface area (TPSA) is 80.3 Å². The van der Waals surface area contributed by atoms with E-state index in [4.69, 9.17) is 0 Å². The van der Waals surface area contributed by atoms with E-state index in [1.54, 1.807) is 4.90 Å². The van der Waals surface area contributed by atoms with Crippen molar-refractivity contribution < 1.29 is 9.59 Å². The second kappa shape index (κ2) is 11.2. The van der Waals surface area contributed by atoms with Crippen LogP contribution >= 0.6 is 0 Å². The van der Waals surface area contributed by atoms with Gasteiger partial charge in [-0.3, -0.25) is 9.59 Å². The van der Waals surface area contributed by atoms with Gasteiger partial charge in [0.15, 0.2) is 5.96 Å². The number of carbonyl (C=O) groups excluding carboxylic acids is 2. The van der Waals surface area contributed by atoms with Gasteiger partial charge >= 0.3 is 0 Å². The Kier molecular flexibility index (Phi) is 8.36. The Balaban J connectivity index is 1.53. The molecule has 0 unspecified atom stereocenters. The summed E-state index contributed by atoms with van der Waals surface area (Å²) in [6, 6.07) is 10.3. The molecule has 1 saturated heterocycles. The minimum atomic E-state index is -0.378. The van der Waals surface area contributed by atoms with Crippen LogP contribution in [0.25, 0.3) is 0 Å². The molecular weight excluding hydrogens is 404 g/mol. The minimum Gasteiger partial charge on any atom is -0.368 e. The Bertz CT molecular complexity index is 781. The van der Waals surface area contributed by atoms with Crippen LogP contribution in [-0.4, -0.2) is 87.5 Å². The summed E-state index contributed by atoms with van der Waals surface area (Å²) in [5.74, 6) is 0.808. The Morgan fingerprint density at radius 1 is 1.03 bits per heavy atom. The maximum absolute atomic E-state index is 12.8. The van der Waals surface area contributed by atoms with Crippen molar-refractivity contribution in [3.05, 3.63) is 30.3 Å². The first kappa shape index (κ1) is 23.9. The quantitative estimate of drug-likeness (QED) is 0.495. The fourth-order valence-corrected chi connectivity index (χ4v) is 4.69. The van der Waals surface area contributed by atoms with Gasteiger partial charge in [0.1, 0.15) is 6.54 Å². The number of rotatable bonds is 7. The number of aliphatic imine (C=N–C) groups is 1. The first-order chi connectivity index (χ1) is 15.4. The van der Waals surface area contributed by atoms with Crippen molar-refractivity contribution >= 4 is 23.5 Å². The number of hydrogen-bond donors (Lipinski definition) is 2. The Labute approximate surface area is 192 Å². The molecule has 2 aliphatic rings. The van der Waals surface area contributed by atoms with Crippen molar-refractivity contribution in [2.75, 3.05) is 64.8 Å². The smallest absolute Gasteiger partial charge is 0.244 e. The largest absolute Gasteiger partial charge is 0.368 e. The molecule has 0 spiro atoms. The third-order valence-electron chi connectivity index (χ3n) is 6.49. The van der Waals surface area contributed by atoms with E-state index in [0.717, 1.165) is 38.8 Å². The fourth-order valence-electron chi connectivity index (χ4n) is 4.69. The molecule has 1 aromatic carbocycles. The highest BCUT2D eigenvalue weighted by Gasteiger charge is 2.42. The van der Waals surface area contributed by atoms with E-state index in [1.165, 1.54) is 5.69 Å². The van der Waals surface area contributed by atoms with Gasteiger partial charge in [-0.2, -0.15) is 0 Å². The molecule has 1 aliphatic heterocycles. The predicted octanol–water partition coefficient (Wildman–Crippen LogP) is 1.54. The molecule has 176 valence electrons. The van der Waals surface area contributed by atoms with Crippen LogP contribution in [0.1, 0.15) is 32.6 Å². The highest BCUT2D eigenvalue weighted by Crippen LogP contribution is 2.38.